The normalized spacial score (nSPS) is 8.50. The first kappa shape index (κ1) is 7.61. The Morgan fingerprint density at radius 2 is 1.50 bits per heavy atom. The highest BCUT2D eigenvalue weighted by Crippen LogP contribution is 1.78. The van der Waals surface area contributed by atoms with Crippen LogP contribution >= 0.6 is 12.2 Å². The van der Waals surface area contributed by atoms with Crippen LogP contribution in [0.25, 0.3) is 0 Å². The third-order valence-corrected chi connectivity index (χ3v) is 1.18. The molecule has 0 aliphatic carbocycles. The van der Waals surface area contributed by atoms with E-state index in [1.165, 1.54) is 10.0 Å². The van der Waals surface area contributed by atoms with E-state index in [4.69, 9.17) is 23.9 Å². The van der Waals surface area contributed by atoms with Crippen molar-refractivity contribution < 1.29 is 0 Å². The van der Waals surface area contributed by atoms with Gasteiger partial charge in [0.2, 0.25) is 0 Å². The third kappa shape index (κ3) is 2.06. The second-order valence-electron chi connectivity index (χ2n) is 1.50. The summed E-state index contributed by atoms with van der Waals surface area (Å²) in [5, 5.41) is 2.95. The van der Waals surface area contributed by atoms with Gasteiger partial charge in [-0.05, 0) is 12.2 Å². The summed E-state index contributed by atoms with van der Waals surface area (Å²) in [6.45, 7) is 0. The van der Waals surface area contributed by atoms with E-state index in [0.717, 1.165) is 0 Å². The number of thiocarbonyl (C=S) groups is 1. The van der Waals surface area contributed by atoms with E-state index in [-0.39, 0.29) is 0 Å². The molecule has 0 radical (unpaired) electrons. The Bertz CT molecular complexity index is 79.3. The maximum atomic E-state index is 5.21. The summed E-state index contributed by atoms with van der Waals surface area (Å²) in [5.41, 5.74) is 0. The standard InChI is InChI=1S/C3H10N4S/c1-6(4)3(8)7(2)5/h4-5H2,1-2H3. The Kier molecular flexibility index (Phi) is 2.67. The van der Waals surface area contributed by atoms with Crippen molar-refractivity contribution in [1.29, 1.82) is 0 Å². The highest BCUT2D eigenvalue weighted by molar-refractivity contribution is 7.80. The molecule has 0 amide bonds. The van der Waals surface area contributed by atoms with Crippen LogP contribution in [0.4, 0.5) is 0 Å². The molecule has 0 aliphatic heterocycles. The predicted molar refractivity (Wildman–Crippen MR) is 36.5 cm³/mol. The van der Waals surface area contributed by atoms with Gasteiger partial charge in [-0.2, -0.15) is 0 Å². The number of hydrogen-bond acceptors (Lipinski definition) is 3. The van der Waals surface area contributed by atoms with Gasteiger partial charge in [0.05, 0.1) is 0 Å². The number of rotatable bonds is 0. The van der Waals surface area contributed by atoms with E-state index in [9.17, 15) is 0 Å². The minimum absolute atomic E-state index is 0.407. The Morgan fingerprint density at radius 3 is 1.50 bits per heavy atom. The van der Waals surface area contributed by atoms with Gasteiger partial charge in [0, 0.05) is 14.1 Å². The lowest BCUT2D eigenvalue weighted by molar-refractivity contribution is 0.424. The highest BCUT2D eigenvalue weighted by atomic mass is 32.1. The molecule has 0 heterocycles. The van der Waals surface area contributed by atoms with Crippen molar-refractivity contribution in [3.8, 4) is 0 Å². The zero-order chi connectivity index (χ0) is 6.73. The molecular formula is C3H10N4S. The minimum atomic E-state index is 0.407. The van der Waals surface area contributed by atoms with Gasteiger partial charge in [-0.1, -0.05) is 0 Å². The van der Waals surface area contributed by atoms with Crippen molar-refractivity contribution in [2.45, 2.75) is 0 Å². The molecule has 8 heavy (non-hydrogen) atoms. The first-order valence-corrected chi connectivity index (χ1v) is 2.47. The number of nitrogens with two attached hydrogens (primary N) is 2. The summed E-state index contributed by atoms with van der Waals surface area (Å²) < 4.78 is 0. The third-order valence-electron chi connectivity index (χ3n) is 0.603. The Balaban J connectivity index is 3.65. The number of nitrogens with zero attached hydrogens (tertiary/aromatic N) is 2. The van der Waals surface area contributed by atoms with Gasteiger partial charge < -0.3 is 0 Å². The molecule has 0 aromatic rings. The van der Waals surface area contributed by atoms with E-state index in [2.05, 4.69) is 0 Å². The monoisotopic (exact) mass is 134 g/mol. The van der Waals surface area contributed by atoms with Gasteiger partial charge in [-0.25, -0.2) is 11.7 Å². The van der Waals surface area contributed by atoms with E-state index in [0.29, 0.717) is 5.11 Å². The molecule has 0 unspecified atom stereocenters. The van der Waals surface area contributed by atoms with Crippen molar-refractivity contribution >= 4 is 17.3 Å². The lowest BCUT2D eigenvalue weighted by Gasteiger charge is -2.18. The lowest BCUT2D eigenvalue weighted by Crippen LogP contribution is -2.45. The molecular weight excluding hydrogens is 124 g/mol. The fourth-order valence-electron chi connectivity index (χ4n) is 0.249. The van der Waals surface area contributed by atoms with Crippen LogP contribution in [0.15, 0.2) is 0 Å². The van der Waals surface area contributed by atoms with Crippen molar-refractivity contribution in [2.75, 3.05) is 14.1 Å². The quantitative estimate of drug-likeness (QED) is 0.250. The molecule has 0 atom stereocenters. The summed E-state index contributed by atoms with van der Waals surface area (Å²) >= 11 is 4.70. The average molecular weight is 134 g/mol. The van der Waals surface area contributed by atoms with Crippen LogP contribution in [0.5, 0.6) is 0 Å². The average Bonchev–Trinajstić information content (AvgIpc) is 1.64. The van der Waals surface area contributed by atoms with Crippen LogP contribution in [-0.2, 0) is 0 Å². The molecule has 0 rings (SSSR count). The summed E-state index contributed by atoms with van der Waals surface area (Å²) in [7, 11) is 3.26. The molecule has 4 nitrogen and oxygen atoms in total. The maximum absolute atomic E-state index is 5.21. The molecule has 0 saturated carbocycles. The van der Waals surface area contributed by atoms with Crippen molar-refractivity contribution in [3.63, 3.8) is 0 Å². The van der Waals surface area contributed by atoms with Crippen LogP contribution in [0, 0.1) is 0 Å². The summed E-state index contributed by atoms with van der Waals surface area (Å²) in [5.74, 6) is 10.4. The molecule has 0 saturated heterocycles. The Morgan fingerprint density at radius 1 is 1.25 bits per heavy atom. The molecule has 5 heteroatoms. The summed E-state index contributed by atoms with van der Waals surface area (Å²) in [6, 6.07) is 0. The molecule has 0 aromatic carbocycles. The highest BCUT2D eigenvalue weighted by Gasteiger charge is 1.98. The van der Waals surface area contributed by atoms with Gasteiger partial charge in [0.1, 0.15) is 0 Å². The van der Waals surface area contributed by atoms with Crippen LogP contribution in [0.1, 0.15) is 0 Å². The molecule has 0 spiro atoms. The van der Waals surface area contributed by atoms with Crippen LogP contribution in [0.2, 0.25) is 0 Å². The van der Waals surface area contributed by atoms with Gasteiger partial charge in [0.25, 0.3) is 0 Å². The van der Waals surface area contributed by atoms with Crippen LogP contribution < -0.4 is 11.7 Å². The van der Waals surface area contributed by atoms with E-state index in [1.54, 1.807) is 14.1 Å². The topological polar surface area (TPSA) is 58.5 Å². The molecule has 0 bridgehead atoms. The largest absolute Gasteiger partial charge is 0.289 e. The van der Waals surface area contributed by atoms with Gasteiger partial charge in [-0.3, -0.25) is 10.0 Å². The van der Waals surface area contributed by atoms with Crippen molar-refractivity contribution in [3.05, 3.63) is 0 Å². The SMILES string of the molecule is CN(N)C(=S)N(C)N. The lowest BCUT2D eigenvalue weighted by atomic mass is 10.9. The second kappa shape index (κ2) is 2.81. The number of hydrazine groups is 2. The smallest absolute Gasteiger partial charge is 0.199 e. The van der Waals surface area contributed by atoms with Gasteiger partial charge in [0.15, 0.2) is 5.11 Å². The second-order valence-corrected chi connectivity index (χ2v) is 1.87. The first-order chi connectivity index (χ1) is 3.55. The van der Waals surface area contributed by atoms with E-state index >= 15 is 0 Å². The molecule has 0 aromatic heterocycles. The van der Waals surface area contributed by atoms with Crippen LogP contribution in [-0.4, -0.2) is 29.2 Å². The minimum Gasteiger partial charge on any atom is -0.289 e. The van der Waals surface area contributed by atoms with Crippen molar-refractivity contribution in [1.82, 2.24) is 10.0 Å². The number of hydrogen-bond donors (Lipinski definition) is 2. The van der Waals surface area contributed by atoms with Crippen molar-refractivity contribution in [2.24, 2.45) is 11.7 Å². The van der Waals surface area contributed by atoms with Crippen LogP contribution in [0.3, 0.4) is 0 Å². The summed E-state index contributed by atoms with van der Waals surface area (Å²) in [6.07, 6.45) is 0. The molecule has 4 N–H and O–H groups in total. The maximum Gasteiger partial charge on any atom is 0.199 e. The van der Waals surface area contributed by atoms with Gasteiger partial charge in [-0.15, -0.1) is 0 Å². The van der Waals surface area contributed by atoms with E-state index < -0.39 is 0 Å². The summed E-state index contributed by atoms with van der Waals surface area (Å²) in [4.78, 5) is 0. The zero-order valence-corrected chi connectivity index (χ0v) is 5.77. The fourth-order valence-corrected chi connectivity index (χ4v) is 0.249. The predicted octanol–water partition coefficient (Wildman–Crippen LogP) is -1.12. The zero-order valence-electron chi connectivity index (χ0n) is 4.96. The molecule has 0 fully saturated rings. The Labute approximate surface area is 54.0 Å². The molecule has 48 valence electrons. The first-order valence-electron chi connectivity index (χ1n) is 2.06. The van der Waals surface area contributed by atoms with Gasteiger partial charge >= 0.3 is 0 Å². The Hall–Kier alpha value is -0.390. The van der Waals surface area contributed by atoms with E-state index in [1.807, 2.05) is 0 Å². The molecule has 0 aliphatic rings. The fraction of sp³-hybridized carbons (Fsp3) is 0.667.